The van der Waals surface area contributed by atoms with Gasteiger partial charge in [0.25, 0.3) is 0 Å². The highest BCUT2D eigenvalue weighted by molar-refractivity contribution is 5.71. The zero-order valence-electron chi connectivity index (χ0n) is 25.4. The van der Waals surface area contributed by atoms with Crippen LogP contribution >= 0.6 is 0 Å². The molecule has 1 heterocycles. The van der Waals surface area contributed by atoms with Gasteiger partial charge in [-0.3, -0.25) is 0 Å². The quantitative estimate of drug-likeness (QED) is 0.116. The first-order valence-corrected chi connectivity index (χ1v) is 15.4. The molecular formula is C37H37F5O3. The highest BCUT2D eigenvalue weighted by atomic mass is 19.3. The summed E-state index contributed by atoms with van der Waals surface area (Å²) in [4.78, 5) is 0. The summed E-state index contributed by atoms with van der Waals surface area (Å²) in [5.41, 5.74) is 2.74. The van der Waals surface area contributed by atoms with Gasteiger partial charge in [-0.1, -0.05) is 93.8 Å². The van der Waals surface area contributed by atoms with Crippen molar-refractivity contribution in [1.29, 1.82) is 0 Å². The maximum Gasteiger partial charge on any atom is 0.383 e. The lowest BCUT2D eigenvalue weighted by atomic mass is 9.97. The number of alkyl halides is 2. The Morgan fingerprint density at radius 3 is 1.91 bits per heavy atom. The molecule has 0 bridgehead atoms. The highest BCUT2D eigenvalue weighted by Crippen LogP contribution is 2.35. The molecule has 45 heavy (non-hydrogen) atoms. The van der Waals surface area contributed by atoms with Gasteiger partial charge in [0.1, 0.15) is 23.6 Å². The molecule has 0 N–H and O–H groups in total. The van der Waals surface area contributed by atoms with E-state index in [4.69, 9.17) is 14.2 Å². The predicted molar refractivity (Wildman–Crippen MR) is 164 cm³/mol. The molecule has 0 amide bonds. The van der Waals surface area contributed by atoms with E-state index in [9.17, 15) is 13.2 Å². The minimum atomic E-state index is -3.53. The normalized spacial score (nSPS) is 17.0. The number of halogens is 5. The van der Waals surface area contributed by atoms with Crippen LogP contribution < -0.4 is 0 Å². The summed E-state index contributed by atoms with van der Waals surface area (Å²) < 4.78 is 90.7. The summed E-state index contributed by atoms with van der Waals surface area (Å²) in [6.45, 7) is 3.72. The van der Waals surface area contributed by atoms with Gasteiger partial charge in [-0.2, -0.15) is 8.78 Å². The summed E-state index contributed by atoms with van der Waals surface area (Å²) >= 11 is 0. The van der Waals surface area contributed by atoms with E-state index in [-0.39, 0.29) is 35.7 Å². The first-order valence-electron chi connectivity index (χ1n) is 15.4. The molecule has 8 heteroatoms. The van der Waals surface area contributed by atoms with E-state index < -0.39 is 30.1 Å². The largest absolute Gasteiger partial charge is 0.383 e. The van der Waals surface area contributed by atoms with Gasteiger partial charge in [-0.25, -0.2) is 13.2 Å². The topological polar surface area (TPSA) is 27.7 Å². The first kappa shape index (κ1) is 32.8. The van der Waals surface area contributed by atoms with E-state index in [1.807, 2.05) is 6.92 Å². The molecule has 0 radical (unpaired) electrons. The van der Waals surface area contributed by atoms with Crippen LogP contribution in [0.1, 0.15) is 68.1 Å². The average Bonchev–Trinajstić information content (AvgIpc) is 3.03. The summed E-state index contributed by atoms with van der Waals surface area (Å²) in [5.74, 6) is -1.63. The molecule has 0 aliphatic carbocycles. The zero-order chi connectivity index (χ0) is 32.0. The second kappa shape index (κ2) is 14.7. The second-order valence-corrected chi connectivity index (χ2v) is 11.4. The SMILES string of the molecule is CCCCCc1ccc(C(F)(F)OC2COC(c3ccc(-c4ccc(-c5ccc(CCC)c(F)c5)c(F)c4)c(F)c3)OC2)cc1. The van der Waals surface area contributed by atoms with Crippen LogP contribution in [0.4, 0.5) is 22.0 Å². The van der Waals surface area contributed by atoms with Crippen molar-refractivity contribution in [3.63, 3.8) is 0 Å². The molecular weight excluding hydrogens is 587 g/mol. The molecule has 0 spiro atoms. The lowest BCUT2D eigenvalue weighted by Crippen LogP contribution is -2.38. The molecule has 1 saturated heterocycles. The fraction of sp³-hybridized carbons (Fsp3) is 0.351. The van der Waals surface area contributed by atoms with E-state index in [1.165, 1.54) is 42.5 Å². The molecule has 5 rings (SSSR count). The summed E-state index contributed by atoms with van der Waals surface area (Å²) in [6.07, 6.45) is -0.109. The van der Waals surface area contributed by atoms with Gasteiger partial charge in [-0.15, -0.1) is 0 Å². The van der Waals surface area contributed by atoms with Crippen molar-refractivity contribution in [1.82, 2.24) is 0 Å². The third-order valence-electron chi connectivity index (χ3n) is 7.97. The molecule has 1 aliphatic heterocycles. The van der Waals surface area contributed by atoms with E-state index >= 15 is 8.78 Å². The molecule has 1 fully saturated rings. The Labute approximate surface area is 261 Å². The van der Waals surface area contributed by atoms with Gasteiger partial charge in [0.2, 0.25) is 0 Å². The molecule has 0 aromatic heterocycles. The first-order chi connectivity index (χ1) is 21.7. The predicted octanol–water partition coefficient (Wildman–Crippen LogP) is 10.3. The molecule has 3 nitrogen and oxygen atoms in total. The van der Waals surface area contributed by atoms with Crippen LogP contribution in [0.15, 0.2) is 78.9 Å². The average molecular weight is 625 g/mol. The maximum absolute atomic E-state index is 15.2. The molecule has 1 aliphatic rings. The summed E-state index contributed by atoms with van der Waals surface area (Å²) in [6, 6.07) is 19.3. The van der Waals surface area contributed by atoms with Gasteiger partial charge in [-0.05, 0) is 59.7 Å². The van der Waals surface area contributed by atoms with Crippen LogP contribution in [-0.2, 0) is 33.2 Å². The van der Waals surface area contributed by atoms with Crippen LogP contribution in [0.3, 0.4) is 0 Å². The van der Waals surface area contributed by atoms with Crippen molar-refractivity contribution < 1.29 is 36.2 Å². The van der Waals surface area contributed by atoms with Crippen LogP contribution in [0.2, 0.25) is 0 Å². The number of unbranched alkanes of at least 4 members (excludes halogenated alkanes) is 2. The Morgan fingerprint density at radius 2 is 1.31 bits per heavy atom. The van der Waals surface area contributed by atoms with E-state index in [1.54, 1.807) is 36.4 Å². The van der Waals surface area contributed by atoms with Gasteiger partial charge in [0.05, 0.1) is 18.8 Å². The monoisotopic (exact) mass is 624 g/mol. The molecule has 4 aromatic rings. The fourth-order valence-corrected chi connectivity index (χ4v) is 5.48. The van der Waals surface area contributed by atoms with Gasteiger partial charge in [0, 0.05) is 16.7 Å². The number of aryl methyl sites for hydroxylation is 2. The minimum absolute atomic E-state index is 0.154. The number of ether oxygens (including phenoxy) is 3. The number of hydrogen-bond donors (Lipinski definition) is 0. The lowest BCUT2D eigenvalue weighted by Gasteiger charge is -2.32. The number of rotatable bonds is 12. The van der Waals surface area contributed by atoms with E-state index in [2.05, 4.69) is 6.92 Å². The second-order valence-electron chi connectivity index (χ2n) is 11.4. The lowest BCUT2D eigenvalue weighted by molar-refractivity contribution is -0.320. The zero-order valence-corrected chi connectivity index (χ0v) is 25.4. The Hall–Kier alpha value is -3.59. The van der Waals surface area contributed by atoms with Crippen molar-refractivity contribution in [2.45, 2.75) is 70.9 Å². The number of hydrogen-bond acceptors (Lipinski definition) is 3. The molecule has 238 valence electrons. The standard InChI is InChI=1S/C37H37F5O3/c1-3-5-6-8-24-9-15-29(16-10-24)37(41,42)45-30-22-43-36(44-23-30)28-14-18-32(35(40)21-28)27-13-17-31(34(39)20-27)26-12-11-25(7-4-2)33(38)19-26/h9-21,30,36H,3-8,22-23H2,1-2H3. The number of benzene rings is 4. The van der Waals surface area contributed by atoms with Crippen LogP contribution in [0, 0.1) is 17.5 Å². The molecule has 0 unspecified atom stereocenters. The third kappa shape index (κ3) is 7.98. The Kier molecular flexibility index (Phi) is 10.7. The highest BCUT2D eigenvalue weighted by Gasteiger charge is 2.38. The molecule has 0 atom stereocenters. The van der Waals surface area contributed by atoms with Crippen molar-refractivity contribution >= 4 is 0 Å². The van der Waals surface area contributed by atoms with Gasteiger partial charge in [0.15, 0.2) is 6.29 Å². The van der Waals surface area contributed by atoms with E-state index in [0.29, 0.717) is 28.7 Å². The molecule has 4 aromatic carbocycles. The summed E-state index contributed by atoms with van der Waals surface area (Å²) in [5, 5.41) is 0. The molecule has 0 saturated carbocycles. The smallest absolute Gasteiger partial charge is 0.346 e. The van der Waals surface area contributed by atoms with Crippen LogP contribution in [0.25, 0.3) is 22.3 Å². The van der Waals surface area contributed by atoms with E-state index in [0.717, 1.165) is 37.7 Å². The van der Waals surface area contributed by atoms with Crippen molar-refractivity contribution in [3.8, 4) is 22.3 Å². The maximum atomic E-state index is 15.2. The summed E-state index contributed by atoms with van der Waals surface area (Å²) in [7, 11) is 0. The fourth-order valence-electron chi connectivity index (χ4n) is 5.48. The van der Waals surface area contributed by atoms with Crippen molar-refractivity contribution in [2.75, 3.05) is 13.2 Å². The third-order valence-corrected chi connectivity index (χ3v) is 7.97. The Bertz CT molecular complexity index is 1580. The Morgan fingerprint density at radius 1 is 0.689 bits per heavy atom. The minimum Gasteiger partial charge on any atom is -0.346 e. The van der Waals surface area contributed by atoms with Crippen LogP contribution in [-0.4, -0.2) is 19.3 Å². The van der Waals surface area contributed by atoms with Crippen molar-refractivity contribution in [2.24, 2.45) is 0 Å². The van der Waals surface area contributed by atoms with Gasteiger partial charge >= 0.3 is 6.11 Å². The van der Waals surface area contributed by atoms with Crippen molar-refractivity contribution in [3.05, 3.63) is 119 Å². The van der Waals surface area contributed by atoms with Crippen LogP contribution in [0.5, 0.6) is 0 Å². The Balaban J connectivity index is 1.19. The van der Waals surface area contributed by atoms with Gasteiger partial charge < -0.3 is 14.2 Å².